The molecule has 0 aromatic heterocycles. The van der Waals surface area contributed by atoms with Crippen LogP contribution in [0.1, 0.15) is 0 Å². The Balaban J connectivity index is 2.84. The molecule has 6 heteroatoms. The fourth-order valence-electron chi connectivity index (χ4n) is 0.671. The first-order valence-corrected chi connectivity index (χ1v) is 4.24. The molecule has 0 heterocycles. The highest BCUT2D eigenvalue weighted by atomic mass is 79.9. The van der Waals surface area contributed by atoms with Crippen molar-refractivity contribution in [2.75, 3.05) is 0 Å². The van der Waals surface area contributed by atoms with Gasteiger partial charge in [0, 0.05) is 6.07 Å². The zero-order valence-electron chi connectivity index (χ0n) is 6.61. The highest BCUT2D eigenvalue weighted by Crippen LogP contribution is 2.31. The minimum atomic E-state index is -4.49. The largest absolute Gasteiger partial charge is 0.461 e. The third kappa shape index (κ3) is 2.60. The van der Waals surface area contributed by atoms with Crippen molar-refractivity contribution in [3.63, 3.8) is 0 Å². The van der Waals surface area contributed by atoms with Crippen LogP contribution in [0.3, 0.4) is 0 Å². The molecule has 0 atom stereocenters. The van der Waals surface area contributed by atoms with Crippen molar-refractivity contribution in [2.45, 2.75) is 12.5 Å². The third-order valence-corrected chi connectivity index (χ3v) is 1.89. The van der Waals surface area contributed by atoms with Gasteiger partial charge in [0.1, 0.15) is 5.75 Å². The van der Waals surface area contributed by atoms with Gasteiger partial charge in [0.25, 0.3) is 0 Å². The predicted octanol–water partition coefficient (Wildman–Crippen LogP) is 3.49. The Bertz CT molecular complexity index is 316. The second kappa shape index (κ2) is 4.16. The Hall–Kier alpha value is -0.780. The topological polar surface area (TPSA) is 9.23 Å². The van der Waals surface area contributed by atoms with Crippen molar-refractivity contribution in [3.05, 3.63) is 28.7 Å². The fourth-order valence-corrected chi connectivity index (χ4v) is 1.02. The number of benzene rings is 1. The van der Waals surface area contributed by atoms with Gasteiger partial charge < -0.3 is 4.74 Å². The molecule has 1 rings (SSSR count). The molecule has 1 aromatic rings. The van der Waals surface area contributed by atoms with E-state index >= 15 is 0 Å². The highest BCUT2D eigenvalue weighted by molar-refractivity contribution is 9.10. The first-order chi connectivity index (χ1) is 6.43. The first kappa shape index (κ1) is 11.3. The molecule has 0 bridgehead atoms. The van der Waals surface area contributed by atoms with Gasteiger partial charge in [-0.25, -0.2) is 0 Å². The van der Waals surface area contributed by atoms with E-state index in [-0.39, 0.29) is 10.2 Å². The number of alkyl halides is 4. The Morgan fingerprint density at radius 3 is 2.57 bits per heavy atom. The molecule has 0 fully saturated rings. The summed E-state index contributed by atoms with van der Waals surface area (Å²) in [7, 11) is 0. The van der Waals surface area contributed by atoms with Gasteiger partial charge in [-0.1, -0.05) is 12.1 Å². The molecule has 0 aliphatic heterocycles. The zero-order valence-corrected chi connectivity index (χ0v) is 8.19. The summed E-state index contributed by atoms with van der Waals surface area (Å²) in [6.07, 6.45) is -8.35. The second-order valence-electron chi connectivity index (χ2n) is 2.31. The van der Waals surface area contributed by atoms with E-state index in [4.69, 9.17) is 0 Å². The molecule has 0 spiro atoms. The molecule has 1 aromatic carbocycles. The van der Waals surface area contributed by atoms with Crippen molar-refractivity contribution < 1.29 is 22.3 Å². The molecular formula is C8H4BrF4O. The average Bonchev–Trinajstić information content (AvgIpc) is 2.08. The van der Waals surface area contributed by atoms with Crippen LogP contribution in [-0.2, 0) is 0 Å². The molecule has 1 nitrogen and oxygen atoms in total. The van der Waals surface area contributed by atoms with Gasteiger partial charge in [-0.3, -0.25) is 0 Å². The van der Waals surface area contributed by atoms with Crippen molar-refractivity contribution in [3.8, 4) is 5.75 Å². The Morgan fingerprint density at radius 2 is 2.07 bits per heavy atom. The molecular weight excluding hydrogens is 268 g/mol. The molecule has 14 heavy (non-hydrogen) atoms. The molecule has 0 saturated heterocycles. The van der Waals surface area contributed by atoms with Crippen molar-refractivity contribution in [2.24, 2.45) is 0 Å². The van der Waals surface area contributed by atoms with Crippen LogP contribution in [-0.4, -0.2) is 12.5 Å². The minimum Gasteiger partial charge on any atom is -0.427 e. The summed E-state index contributed by atoms with van der Waals surface area (Å²) in [5.41, 5.74) is 0. The lowest BCUT2D eigenvalue weighted by molar-refractivity contribution is -0.253. The van der Waals surface area contributed by atoms with E-state index in [0.29, 0.717) is 0 Å². The summed E-state index contributed by atoms with van der Waals surface area (Å²) >= 11 is 2.84. The van der Waals surface area contributed by atoms with Crippen LogP contribution < -0.4 is 4.74 Å². The van der Waals surface area contributed by atoms with Gasteiger partial charge in [-0.15, -0.1) is 0 Å². The number of hydrogen-bond acceptors (Lipinski definition) is 1. The molecule has 0 saturated carbocycles. The molecule has 0 aliphatic rings. The maximum atomic E-state index is 12.4. The van der Waals surface area contributed by atoms with E-state index in [9.17, 15) is 17.6 Å². The molecule has 1 radical (unpaired) electrons. The molecule has 0 amide bonds. The average molecular weight is 272 g/mol. The van der Waals surface area contributed by atoms with Gasteiger partial charge in [0.15, 0.2) is 0 Å². The Kier molecular flexibility index (Phi) is 3.36. The van der Waals surface area contributed by atoms with Gasteiger partial charge in [0.2, 0.25) is 0 Å². The van der Waals surface area contributed by atoms with Crippen LogP contribution in [0.15, 0.2) is 22.7 Å². The summed E-state index contributed by atoms with van der Waals surface area (Å²) in [4.78, 5) is 0. The van der Waals surface area contributed by atoms with Gasteiger partial charge in [0.05, 0.1) is 4.47 Å². The van der Waals surface area contributed by atoms with Crippen LogP contribution in [0.25, 0.3) is 0 Å². The standard InChI is InChI=1S/C8H4BrF4O/c9-5-3-1-2-4-6(5)14-8(12,13)7(10)11/h1-2,4,7H. The molecule has 77 valence electrons. The number of ether oxygens (including phenoxy) is 1. The Morgan fingerprint density at radius 1 is 1.43 bits per heavy atom. The number of halogens is 5. The van der Waals surface area contributed by atoms with E-state index in [1.54, 1.807) is 0 Å². The fraction of sp³-hybridized carbons (Fsp3) is 0.250. The normalized spacial score (nSPS) is 11.9. The monoisotopic (exact) mass is 271 g/mol. The maximum absolute atomic E-state index is 12.4. The maximum Gasteiger partial charge on any atom is 0.461 e. The number of rotatable bonds is 3. The predicted molar refractivity (Wildman–Crippen MR) is 44.6 cm³/mol. The lowest BCUT2D eigenvalue weighted by Crippen LogP contribution is -2.33. The van der Waals surface area contributed by atoms with Crippen molar-refractivity contribution in [1.29, 1.82) is 0 Å². The third-order valence-electron chi connectivity index (χ3n) is 1.27. The van der Waals surface area contributed by atoms with Crippen molar-refractivity contribution in [1.82, 2.24) is 0 Å². The highest BCUT2D eigenvalue weighted by Gasteiger charge is 2.44. The van der Waals surface area contributed by atoms with E-state index in [1.165, 1.54) is 12.1 Å². The second-order valence-corrected chi connectivity index (χ2v) is 3.11. The summed E-state index contributed by atoms with van der Waals surface area (Å²) in [5, 5.41) is 0. The lowest BCUT2D eigenvalue weighted by Gasteiger charge is -2.17. The molecule has 0 N–H and O–H groups in total. The quantitative estimate of drug-likeness (QED) is 0.765. The Labute approximate surface area is 85.8 Å². The van der Waals surface area contributed by atoms with Crippen LogP contribution >= 0.6 is 15.9 Å². The van der Waals surface area contributed by atoms with Gasteiger partial charge >= 0.3 is 12.5 Å². The van der Waals surface area contributed by atoms with E-state index in [2.05, 4.69) is 26.7 Å². The van der Waals surface area contributed by atoms with Gasteiger partial charge in [-0.2, -0.15) is 17.6 Å². The summed E-state index contributed by atoms with van der Waals surface area (Å²) in [6, 6.07) is 6.39. The summed E-state index contributed by atoms with van der Waals surface area (Å²) < 4.78 is 52.2. The van der Waals surface area contributed by atoms with E-state index in [1.807, 2.05) is 0 Å². The van der Waals surface area contributed by atoms with Crippen LogP contribution in [0, 0.1) is 6.07 Å². The number of hydrogen-bond donors (Lipinski definition) is 0. The minimum absolute atomic E-state index is 0.0697. The van der Waals surface area contributed by atoms with E-state index in [0.717, 1.165) is 6.07 Å². The lowest BCUT2D eigenvalue weighted by atomic mass is 10.3. The molecule has 0 aliphatic carbocycles. The van der Waals surface area contributed by atoms with Crippen LogP contribution in [0.5, 0.6) is 5.75 Å². The van der Waals surface area contributed by atoms with Crippen LogP contribution in [0.4, 0.5) is 17.6 Å². The van der Waals surface area contributed by atoms with Gasteiger partial charge in [-0.05, 0) is 22.0 Å². The van der Waals surface area contributed by atoms with Crippen LogP contribution in [0.2, 0.25) is 0 Å². The SMILES string of the molecule is FC(F)C(F)(F)Oc1ccc[c]c1Br. The summed E-state index contributed by atoms with van der Waals surface area (Å²) in [5.74, 6) is -0.377. The molecule has 0 unspecified atom stereocenters. The zero-order chi connectivity index (χ0) is 10.8. The van der Waals surface area contributed by atoms with Crippen molar-refractivity contribution >= 4 is 15.9 Å². The smallest absolute Gasteiger partial charge is 0.427 e. The summed E-state index contributed by atoms with van der Waals surface area (Å²) in [6.45, 7) is 0. The first-order valence-electron chi connectivity index (χ1n) is 3.44. The van der Waals surface area contributed by atoms with E-state index < -0.39 is 12.5 Å².